The first-order chi connectivity index (χ1) is 13.7. The van der Waals surface area contributed by atoms with Gasteiger partial charge in [-0.3, -0.25) is 4.90 Å². The molecule has 1 aromatic carbocycles. The predicted octanol–water partition coefficient (Wildman–Crippen LogP) is 2.81. The molecule has 1 N–H and O–H groups in total. The van der Waals surface area contributed by atoms with Crippen molar-refractivity contribution in [2.24, 2.45) is 4.99 Å². The number of benzene rings is 1. The number of hydrogen-bond acceptors (Lipinski definition) is 3. The Balaban J connectivity index is 1.65. The topological polar surface area (TPSA) is 48.7 Å². The number of nitrogens with one attached hydrogen (secondary N) is 1. The third-order valence-electron chi connectivity index (χ3n) is 5.45. The van der Waals surface area contributed by atoms with Crippen molar-refractivity contribution in [1.29, 1.82) is 0 Å². The first-order valence-corrected chi connectivity index (χ1v) is 10.5. The third kappa shape index (κ3) is 5.35. The van der Waals surface area contributed by atoms with Crippen molar-refractivity contribution < 1.29 is 0 Å². The number of aromatic nitrogens is 2. The lowest BCUT2D eigenvalue weighted by atomic mass is 10.2. The fraction of sp³-hybridized carbons (Fsp3) is 0.545. The van der Waals surface area contributed by atoms with Crippen molar-refractivity contribution in [3.63, 3.8) is 0 Å². The van der Waals surface area contributed by atoms with E-state index in [4.69, 9.17) is 4.99 Å². The van der Waals surface area contributed by atoms with E-state index in [0.717, 1.165) is 38.0 Å². The smallest absolute Gasteiger partial charge is 0.194 e. The number of imidazole rings is 1. The van der Waals surface area contributed by atoms with E-state index in [1.165, 1.54) is 24.9 Å². The molecule has 1 aliphatic rings. The van der Waals surface area contributed by atoms with Gasteiger partial charge in [0.15, 0.2) is 5.96 Å². The Labute approximate surface area is 169 Å². The molecule has 0 saturated carbocycles. The summed E-state index contributed by atoms with van der Waals surface area (Å²) in [5.41, 5.74) is 1.27. The molecular formula is C22H34N6. The number of aliphatic imine (C=N–C) groups is 1. The Morgan fingerprint density at radius 1 is 1.29 bits per heavy atom. The molecule has 0 aliphatic carbocycles. The van der Waals surface area contributed by atoms with Crippen molar-refractivity contribution >= 4 is 5.96 Å². The zero-order valence-corrected chi connectivity index (χ0v) is 17.5. The van der Waals surface area contributed by atoms with Gasteiger partial charge in [-0.1, -0.05) is 37.3 Å². The first kappa shape index (κ1) is 20.4. The lowest BCUT2D eigenvalue weighted by Crippen LogP contribution is -2.46. The number of likely N-dealkylation sites (tertiary alicyclic amines) is 1. The molecular weight excluding hydrogens is 348 g/mol. The summed E-state index contributed by atoms with van der Waals surface area (Å²) < 4.78 is 2.18. The van der Waals surface area contributed by atoms with Crippen molar-refractivity contribution in [2.75, 3.05) is 33.2 Å². The second kappa shape index (κ2) is 10.3. The van der Waals surface area contributed by atoms with Crippen LogP contribution < -0.4 is 5.32 Å². The molecule has 0 radical (unpaired) electrons. The SMILES string of the molecule is CCNC(=NCc1nccn1Cc1ccccc1)N(C)CC1CCCN1CC. The molecule has 1 saturated heterocycles. The highest BCUT2D eigenvalue weighted by atomic mass is 15.3. The normalized spacial score (nSPS) is 17.8. The Morgan fingerprint density at radius 3 is 2.86 bits per heavy atom. The molecule has 6 heteroatoms. The summed E-state index contributed by atoms with van der Waals surface area (Å²) in [6.45, 7) is 10.0. The van der Waals surface area contributed by atoms with Gasteiger partial charge in [-0.2, -0.15) is 0 Å². The van der Waals surface area contributed by atoms with Gasteiger partial charge in [-0.05, 0) is 38.4 Å². The molecule has 1 aromatic heterocycles. The van der Waals surface area contributed by atoms with Crippen LogP contribution in [0.1, 0.15) is 38.1 Å². The summed E-state index contributed by atoms with van der Waals surface area (Å²) in [7, 11) is 2.14. The maximum atomic E-state index is 4.88. The summed E-state index contributed by atoms with van der Waals surface area (Å²) in [4.78, 5) is 14.3. The van der Waals surface area contributed by atoms with Gasteiger partial charge in [-0.15, -0.1) is 0 Å². The Hall–Kier alpha value is -2.34. The Morgan fingerprint density at radius 2 is 2.11 bits per heavy atom. The average Bonchev–Trinajstić information content (AvgIpc) is 3.35. The fourth-order valence-corrected chi connectivity index (χ4v) is 3.95. The maximum Gasteiger partial charge on any atom is 0.194 e. The van der Waals surface area contributed by atoms with Gasteiger partial charge in [0.1, 0.15) is 12.4 Å². The van der Waals surface area contributed by atoms with Crippen LogP contribution in [0, 0.1) is 0 Å². The van der Waals surface area contributed by atoms with E-state index < -0.39 is 0 Å². The minimum absolute atomic E-state index is 0.578. The average molecular weight is 383 g/mol. The standard InChI is InChI=1S/C22H34N6/c1-4-23-22(26(3)18-20-12-9-14-27(20)5-2)25-16-21-24-13-15-28(21)17-19-10-7-6-8-11-19/h6-8,10-11,13,15,20H,4-5,9,12,14,16-18H2,1-3H3,(H,23,25). The highest BCUT2D eigenvalue weighted by molar-refractivity contribution is 5.79. The number of likely N-dealkylation sites (N-methyl/N-ethyl adjacent to an activating group) is 2. The van der Waals surface area contributed by atoms with E-state index in [9.17, 15) is 0 Å². The third-order valence-corrected chi connectivity index (χ3v) is 5.45. The second-order valence-electron chi connectivity index (χ2n) is 7.43. The first-order valence-electron chi connectivity index (χ1n) is 10.5. The van der Waals surface area contributed by atoms with Gasteiger partial charge in [0.25, 0.3) is 0 Å². The summed E-state index contributed by atoms with van der Waals surface area (Å²) in [5.74, 6) is 1.95. The van der Waals surface area contributed by atoms with E-state index in [1.54, 1.807) is 0 Å². The Bertz CT molecular complexity index is 738. The van der Waals surface area contributed by atoms with Crippen LogP contribution in [0.15, 0.2) is 47.7 Å². The highest BCUT2D eigenvalue weighted by Crippen LogP contribution is 2.17. The van der Waals surface area contributed by atoms with Gasteiger partial charge in [0.05, 0.1) is 0 Å². The van der Waals surface area contributed by atoms with Crippen LogP contribution in [0.3, 0.4) is 0 Å². The summed E-state index contributed by atoms with van der Waals surface area (Å²) >= 11 is 0. The Kier molecular flexibility index (Phi) is 7.48. The van der Waals surface area contributed by atoms with Gasteiger partial charge >= 0.3 is 0 Å². The molecule has 1 aliphatic heterocycles. The van der Waals surface area contributed by atoms with E-state index in [0.29, 0.717) is 12.6 Å². The van der Waals surface area contributed by atoms with Gasteiger partial charge in [-0.25, -0.2) is 9.98 Å². The second-order valence-corrected chi connectivity index (χ2v) is 7.43. The van der Waals surface area contributed by atoms with Crippen LogP contribution in [0.5, 0.6) is 0 Å². The van der Waals surface area contributed by atoms with Gasteiger partial charge in [0, 0.05) is 45.1 Å². The molecule has 1 unspecified atom stereocenters. The van der Waals surface area contributed by atoms with E-state index >= 15 is 0 Å². The molecule has 3 rings (SSSR count). The molecule has 1 fully saturated rings. The fourth-order valence-electron chi connectivity index (χ4n) is 3.95. The van der Waals surface area contributed by atoms with Crippen molar-refractivity contribution in [2.45, 2.75) is 45.8 Å². The molecule has 28 heavy (non-hydrogen) atoms. The van der Waals surface area contributed by atoms with Crippen molar-refractivity contribution in [3.05, 3.63) is 54.1 Å². The molecule has 0 spiro atoms. The monoisotopic (exact) mass is 382 g/mol. The lowest BCUT2D eigenvalue weighted by Gasteiger charge is -2.29. The largest absolute Gasteiger partial charge is 0.357 e. The van der Waals surface area contributed by atoms with E-state index in [2.05, 4.69) is 69.8 Å². The minimum Gasteiger partial charge on any atom is -0.357 e. The van der Waals surface area contributed by atoms with Gasteiger partial charge in [0.2, 0.25) is 0 Å². The molecule has 2 aromatic rings. The molecule has 0 bridgehead atoms. The summed E-state index contributed by atoms with van der Waals surface area (Å²) in [5, 5.41) is 3.44. The van der Waals surface area contributed by atoms with Crippen LogP contribution in [0.25, 0.3) is 0 Å². The zero-order chi connectivity index (χ0) is 19.8. The van der Waals surface area contributed by atoms with E-state index in [1.807, 2.05) is 18.5 Å². The van der Waals surface area contributed by atoms with Crippen molar-refractivity contribution in [1.82, 2.24) is 24.7 Å². The van der Waals surface area contributed by atoms with Crippen LogP contribution in [-0.4, -0.2) is 64.6 Å². The molecule has 1 atom stereocenters. The van der Waals surface area contributed by atoms with Crippen LogP contribution in [-0.2, 0) is 13.1 Å². The molecule has 2 heterocycles. The predicted molar refractivity (Wildman–Crippen MR) is 115 cm³/mol. The maximum absolute atomic E-state index is 4.88. The minimum atomic E-state index is 0.578. The van der Waals surface area contributed by atoms with Crippen LogP contribution in [0.2, 0.25) is 0 Å². The van der Waals surface area contributed by atoms with Crippen LogP contribution >= 0.6 is 0 Å². The molecule has 0 amide bonds. The number of rotatable bonds is 8. The van der Waals surface area contributed by atoms with Crippen molar-refractivity contribution in [3.8, 4) is 0 Å². The van der Waals surface area contributed by atoms with Crippen LogP contribution in [0.4, 0.5) is 0 Å². The lowest BCUT2D eigenvalue weighted by molar-refractivity contribution is 0.232. The number of nitrogens with zero attached hydrogens (tertiary/aromatic N) is 5. The molecule has 6 nitrogen and oxygen atoms in total. The highest BCUT2D eigenvalue weighted by Gasteiger charge is 2.24. The summed E-state index contributed by atoms with van der Waals surface area (Å²) in [6, 6.07) is 11.1. The number of hydrogen-bond donors (Lipinski definition) is 1. The number of guanidine groups is 1. The quantitative estimate of drug-likeness (QED) is 0.563. The van der Waals surface area contributed by atoms with Gasteiger partial charge < -0.3 is 14.8 Å². The summed E-state index contributed by atoms with van der Waals surface area (Å²) in [6.07, 6.45) is 6.48. The van der Waals surface area contributed by atoms with E-state index in [-0.39, 0.29) is 0 Å². The zero-order valence-electron chi connectivity index (χ0n) is 17.5. The molecule has 152 valence electrons.